The second-order valence-corrected chi connectivity index (χ2v) is 6.18. The summed E-state index contributed by atoms with van der Waals surface area (Å²) in [7, 11) is 3.61. The summed E-state index contributed by atoms with van der Waals surface area (Å²) in [6.07, 6.45) is 4.25. The fourth-order valence-corrected chi connectivity index (χ4v) is 3.28. The van der Waals surface area contributed by atoms with Crippen molar-refractivity contribution in [1.29, 1.82) is 0 Å². The fourth-order valence-electron chi connectivity index (χ4n) is 3.28. The number of nitrogens with one attached hydrogen (secondary N) is 1. The van der Waals surface area contributed by atoms with Gasteiger partial charge in [0, 0.05) is 30.1 Å². The molecule has 1 fully saturated rings. The van der Waals surface area contributed by atoms with Crippen LogP contribution >= 0.6 is 0 Å². The molecule has 5 heteroatoms. The Balaban J connectivity index is 1.64. The summed E-state index contributed by atoms with van der Waals surface area (Å²) in [6, 6.07) is 5.71. The van der Waals surface area contributed by atoms with Gasteiger partial charge in [-0.05, 0) is 44.5 Å². The fraction of sp³-hybridized carbons (Fsp3) is 0.500. The number of hydrogen-bond donors (Lipinski definition) is 1. The Morgan fingerprint density at radius 3 is 2.87 bits per heavy atom. The molecule has 1 N–H and O–H groups in total. The second-order valence-electron chi connectivity index (χ2n) is 6.18. The number of carbonyl (C=O) groups excluding carboxylic acids is 1. The zero-order chi connectivity index (χ0) is 16.2. The molecule has 5 nitrogen and oxygen atoms in total. The Morgan fingerprint density at radius 2 is 2.17 bits per heavy atom. The number of rotatable bonds is 5. The lowest BCUT2D eigenvalue weighted by Gasteiger charge is -2.32. The van der Waals surface area contributed by atoms with Crippen molar-refractivity contribution in [3.05, 3.63) is 30.0 Å². The standard InChI is InChI=1S/C18H24N2O3/c1-19-11-13-5-7-20(8-6-13)18(21)9-14-12-23-17-10-15(22-2)3-4-16(14)17/h3-4,10,12-13,19H,5-9,11H2,1-2H3. The third kappa shape index (κ3) is 3.50. The van der Waals surface area contributed by atoms with Crippen molar-refractivity contribution in [3.8, 4) is 5.75 Å². The van der Waals surface area contributed by atoms with Crippen molar-refractivity contribution in [2.45, 2.75) is 19.3 Å². The lowest BCUT2D eigenvalue weighted by Crippen LogP contribution is -2.41. The molecule has 0 atom stereocenters. The predicted molar refractivity (Wildman–Crippen MR) is 89.7 cm³/mol. The van der Waals surface area contributed by atoms with E-state index in [2.05, 4.69) is 5.32 Å². The molecule has 0 radical (unpaired) electrons. The van der Waals surface area contributed by atoms with E-state index in [9.17, 15) is 4.79 Å². The van der Waals surface area contributed by atoms with Crippen LogP contribution in [0.2, 0.25) is 0 Å². The number of hydrogen-bond acceptors (Lipinski definition) is 4. The van der Waals surface area contributed by atoms with Crippen LogP contribution in [-0.2, 0) is 11.2 Å². The molecule has 2 aromatic rings. The van der Waals surface area contributed by atoms with Crippen LogP contribution in [0.3, 0.4) is 0 Å². The Kier molecular flexibility index (Phi) is 4.86. The van der Waals surface area contributed by atoms with Crippen molar-refractivity contribution in [2.24, 2.45) is 5.92 Å². The molecule has 1 amide bonds. The minimum atomic E-state index is 0.187. The monoisotopic (exact) mass is 316 g/mol. The van der Waals surface area contributed by atoms with Gasteiger partial charge in [-0.25, -0.2) is 0 Å². The summed E-state index contributed by atoms with van der Waals surface area (Å²) in [5.74, 6) is 1.63. The first kappa shape index (κ1) is 15.9. The molecule has 0 aliphatic carbocycles. The highest BCUT2D eigenvalue weighted by Crippen LogP contribution is 2.26. The Morgan fingerprint density at radius 1 is 1.39 bits per heavy atom. The Hall–Kier alpha value is -2.01. The first-order chi connectivity index (χ1) is 11.2. The number of likely N-dealkylation sites (tertiary alicyclic amines) is 1. The molecule has 0 saturated carbocycles. The van der Waals surface area contributed by atoms with E-state index in [1.54, 1.807) is 13.4 Å². The lowest BCUT2D eigenvalue weighted by atomic mass is 9.96. The molecule has 0 unspecified atom stereocenters. The molecular weight excluding hydrogens is 292 g/mol. The van der Waals surface area contributed by atoms with Crippen LogP contribution in [0.1, 0.15) is 18.4 Å². The van der Waals surface area contributed by atoms with E-state index >= 15 is 0 Å². The number of methoxy groups -OCH3 is 1. The summed E-state index contributed by atoms with van der Waals surface area (Å²) in [5, 5.41) is 4.21. The molecule has 1 aliphatic rings. The molecule has 124 valence electrons. The third-order valence-electron chi connectivity index (χ3n) is 4.66. The smallest absolute Gasteiger partial charge is 0.227 e. The minimum absolute atomic E-state index is 0.187. The van der Waals surface area contributed by atoms with Gasteiger partial charge < -0.3 is 19.4 Å². The summed E-state index contributed by atoms with van der Waals surface area (Å²) < 4.78 is 10.8. The molecule has 23 heavy (non-hydrogen) atoms. The van der Waals surface area contributed by atoms with Crippen LogP contribution in [0, 0.1) is 5.92 Å². The Bertz CT molecular complexity index is 672. The van der Waals surface area contributed by atoms with E-state index < -0.39 is 0 Å². The van der Waals surface area contributed by atoms with Crippen molar-refractivity contribution in [1.82, 2.24) is 10.2 Å². The van der Waals surface area contributed by atoms with E-state index in [4.69, 9.17) is 9.15 Å². The van der Waals surface area contributed by atoms with Crippen molar-refractivity contribution >= 4 is 16.9 Å². The van der Waals surface area contributed by atoms with Crippen LogP contribution in [0.25, 0.3) is 11.0 Å². The predicted octanol–water partition coefficient (Wildman–Crippen LogP) is 2.44. The van der Waals surface area contributed by atoms with Gasteiger partial charge in [0.15, 0.2) is 0 Å². The van der Waals surface area contributed by atoms with Gasteiger partial charge >= 0.3 is 0 Å². The summed E-state index contributed by atoms with van der Waals surface area (Å²) in [5.41, 5.74) is 1.71. The van der Waals surface area contributed by atoms with E-state index in [0.717, 1.165) is 54.8 Å². The van der Waals surface area contributed by atoms with Crippen molar-refractivity contribution in [3.63, 3.8) is 0 Å². The molecule has 0 spiro atoms. The highest BCUT2D eigenvalue weighted by Gasteiger charge is 2.23. The van der Waals surface area contributed by atoms with Gasteiger partial charge in [0.1, 0.15) is 11.3 Å². The van der Waals surface area contributed by atoms with Crippen molar-refractivity contribution in [2.75, 3.05) is 33.8 Å². The average molecular weight is 316 g/mol. The SMILES string of the molecule is CNCC1CCN(C(=O)Cc2coc3cc(OC)ccc23)CC1. The zero-order valence-electron chi connectivity index (χ0n) is 13.8. The second kappa shape index (κ2) is 7.04. The number of fused-ring (bicyclic) bond motifs is 1. The lowest BCUT2D eigenvalue weighted by molar-refractivity contribution is -0.131. The van der Waals surface area contributed by atoms with E-state index in [1.165, 1.54) is 0 Å². The largest absolute Gasteiger partial charge is 0.497 e. The molecule has 1 saturated heterocycles. The van der Waals surface area contributed by atoms with Crippen molar-refractivity contribution < 1.29 is 13.9 Å². The van der Waals surface area contributed by atoms with Crippen LogP contribution in [-0.4, -0.2) is 44.6 Å². The number of benzene rings is 1. The molecule has 1 aromatic heterocycles. The first-order valence-corrected chi connectivity index (χ1v) is 8.17. The van der Waals surface area contributed by atoms with Crippen LogP contribution in [0.4, 0.5) is 0 Å². The molecular formula is C18H24N2O3. The van der Waals surface area contributed by atoms with Gasteiger partial charge in [0.05, 0.1) is 19.8 Å². The third-order valence-corrected chi connectivity index (χ3v) is 4.66. The molecule has 3 rings (SSSR count). The number of carbonyl (C=O) groups is 1. The van der Waals surface area contributed by atoms with Crippen LogP contribution < -0.4 is 10.1 Å². The van der Waals surface area contributed by atoms with Gasteiger partial charge in [-0.1, -0.05) is 0 Å². The summed E-state index contributed by atoms with van der Waals surface area (Å²) >= 11 is 0. The first-order valence-electron chi connectivity index (χ1n) is 8.17. The minimum Gasteiger partial charge on any atom is -0.497 e. The maximum atomic E-state index is 12.5. The number of nitrogens with zero attached hydrogens (tertiary/aromatic N) is 1. The molecule has 1 aliphatic heterocycles. The highest BCUT2D eigenvalue weighted by atomic mass is 16.5. The van der Waals surface area contributed by atoms with Gasteiger partial charge in [0.25, 0.3) is 0 Å². The maximum Gasteiger partial charge on any atom is 0.227 e. The molecule has 0 bridgehead atoms. The van der Waals surface area contributed by atoms with Gasteiger partial charge in [-0.15, -0.1) is 0 Å². The van der Waals surface area contributed by atoms with E-state index in [1.807, 2.05) is 30.1 Å². The summed E-state index contributed by atoms with van der Waals surface area (Å²) in [6.45, 7) is 2.75. The van der Waals surface area contributed by atoms with E-state index in [0.29, 0.717) is 12.3 Å². The topological polar surface area (TPSA) is 54.7 Å². The number of furan rings is 1. The highest BCUT2D eigenvalue weighted by molar-refractivity contribution is 5.88. The Labute approximate surface area is 136 Å². The van der Waals surface area contributed by atoms with Gasteiger partial charge in [-0.3, -0.25) is 4.79 Å². The number of piperidine rings is 1. The van der Waals surface area contributed by atoms with Crippen LogP contribution in [0.15, 0.2) is 28.9 Å². The number of amides is 1. The van der Waals surface area contributed by atoms with Crippen LogP contribution in [0.5, 0.6) is 5.75 Å². The summed E-state index contributed by atoms with van der Waals surface area (Å²) in [4.78, 5) is 14.5. The van der Waals surface area contributed by atoms with Gasteiger partial charge in [-0.2, -0.15) is 0 Å². The average Bonchev–Trinajstić information content (AvgIpc) is 2.98. The quantitative estimate of drug-likeness (QED) is 0.920. The van der Waals surface area contributed by atoms with E-state index in [-0.39, 0.29) is 5.91 Å². The molecule has 2 heterocycles. The van der Waals surface area contributed by atoms with Gasteiger partial charge in [0.2, 0.25) is 5.91 Å². The zero-order valence-corrected chi connectivity index (χ0v) is 13.8. The molecule has 1 aromatic carbocycles. The number of ether oxygens (including phenoxy) is 1. The normalized spacial score (nSPS) is 16.0. The maximum absolute atomic E-state index is 12.5.